The Hall–Kier alpha value is -2.02. The summed E-state index contributed by atoms with van der Waals surface area (Å²) >= 11 is 5.83. The van der Waals surface area contributed by atoms with Crippen LogP contribution in [0.5, 0.6) is 0 Å². The topological polar surface area (TPSA) is 40.6 Å². The summed E-state index contributed by atoms with van der Waals surface area (Å²) in [6, 6.07) is 8.48. The molecule has 5 nitrogen and oxygen atoms in total. The maximum atomic E-state index is 5.83. The molecule has 6 heteroatoms. The van der Waals surface area contributed by atoms with Gasteiger partial charge < -0.3 is 15.0 Å². The van der Waals surface area contributed by atoms with Crippen LogP contribution in [-0.4, -0.2) is 59.3 Å². The Morgan fingerprint density at radius 3 is 2.43 bits per heavy atom. The summed E-state index contributed by atoms with van der Waals surface area (Å²) < 4.78 is 5.46. The lowest BCUT2D eigenvalue weighted by molar-refractivity contribution is 0.0358. The maximum Gasteiger partial charge on any atom is 0.173 e. The van der Waals surface area contributed by atoms with E-state index in [9.17, 15) is 0 Å². The number of hydrogen-bond acceptors (Lipinski definition) is 4. The van der Waals surface area contributed by atoms with Gasteiger partial charge in [-0.15, -0.1) is 0 Å². The third-order valence-corrected chi connectivity index (χ3v) is 5.47. The summed E-state index contributed by atoms with van der Waals surface area (Å²) in [6.45, 7) is 12.6. The molecule has 1 saturated heterocycles. The van der Waals surface area contributed by atoms with Gasteiger partial charge >= 0.3 is 0 Å². The molecule has 0 atom stereocenters. The minimum atomic E-state index is 0.764. The standard InChI is InChI=1S/C22H30N4OS/c1-17-14-18(2)21(19(3)15-17)24-22(28)26(16-20-4-6-23-7-5-20)9-8-25-10-12-27-13-11-25/h4-7,14-15H,8-13,16H2,1-3H3,(H,24,28). The zero-order valence-electron chi connectivity index (χ0n) is 17.1. The molecule has 1 aromatic carbocycles. The third-order valence-electron chi connectivity index (χ3n) is 5.11. The van der Waals surface area contributed by atoms with E-state index in [1.165, 1.54) is 22.3 Å². The average molecular weight is 399 g/mol. The lowest BCUT2D eigenvalue weighted by Gasteiger charge is -2.32. The van der Waals surface area contributed by atoms with Crippen LogP contribution in [0.3, 0.4) is 0 Å². The van der Waals surface area contributed by atoms with Crippen molar-refractivity contribution >= 4 is 23.0 Å². The number of benzene rings is 1. The molecule has 0 amide bonds. The molecule has 28 heavy (non-hydrogen) atoms. The Morgan fingerprint density at radius 2 is 1.79 bits per heavy atom. The van der Waals surface area contributed by atoms with Crippen LogP contribution in [0, 0.1) is 20.8 Å². The monoisotopic (exact) mass is 398 g/mol. The van der Waals surface area contributed by atoms with Crippen LogP contribution in [0.4, 0.5) is 5.69 Å². The average Bonchev–Trinajstić information content (AvgIpc) is 2.69. The van der Waals surface area contributed by atoms with Crippen molar-refractivity contribution in [1.29, 1.82) is 0 Å². The fourth-order valence-corrected chi connectivity index (χ4v) is 3.87. The van der Waals surface area contributed by atoms with Gasteiger partial charge in [-0.2, -0.15) is 0 Å². The molecule has 3 rings (SSSR count). The molecule has 0 saturated carbocycles. The Balaban J connectivity index is 1.72. The summed E-state index contributed by atoms with van der Waals surface area (Å²) in [4.78, 5) is 8.81. The first kappa shape index (κ1) is 20.7. The minimum absolute atomic E-state index is 0.764. The molecule has 0 aliphatic carbocycles. The highest BCUT2D eigenvalue weighted by atomic mass is 32.1. The Labute approximate surface area is 173 Å². The predicted molar refractivity (Wildman–Crippen MR) is 119 cm³/mol. The molecule has 0 unspecified atom stereocenters. The van der Waals surface area contributed by atoms with Gasteiger partial charge in [0.25, 0.3) is 0 Å². The first-order valence-corrected chi connectivity index (χ1v) is 10.3. The first-order valence-electron chi connectivity index (χ1n) is 9.85. The highest BCUT2D eigenvalue weighted by molar-refractivity contribution is 7.80. The maximum absolute atomic E-state index is 5.83. The minimum Gasteiger partial charge on any atom is -0.379 e. The van der Waals surface area contributed by atoms with Crippen LogP contribution >= 0.6 is 12.2 Å². The number of aryl methyl sites for hydroxylation is 3. The number of nitrogens with one attached hydrogen (secondary N) is 1. The lowest BCUT2D eigenvalue weighted by Crippen LogP contribution is -2.44. The van der Waals surface area contributed by atoms with Gasteiger partial charge in [-0.3, -0.25) is 9.88 Å². The zero-order chi connectivity index (χ0) is 19.9. The van der Waals surface area contributed by atoms with E-state index in [1.54, 1.807) is 0 Å². The van der Waals surface area contributed by atoms with Crippen molar-refractivity contribution in [3.8, 4) is 0 Å². The van der Waals surface area contributed by atoms with Crippen molar-refractivity contribution in [3.63, 3.8) is 0 Å². The van der Waals surface area contributed by atoms with E-state index in [0.717, 1.165) is 56.7 Å². The molecule has 2 heterocycles. The van der Waals surface area contributed by atoms with Crippen molar-refractivity contribution in [1.82, 2.24) is 14.8 Å². The highest BCUT2D eigenvalue weighted by Crippen LogP contribution is 2.22. The summed E-state index contributed by atoms with van der Waals surface area (Å²) in [5.41, 5.74) is 6.03. The number of ether oxygens (including phenoxy) is 1. The SMILES string of the molecule is Cc1cc(C)c(NC(=S)N(CCN2CCOCC2)Cc2ccncc2)c(C)c1. The number of aromatic nitrogens is 1. The zero-order valence-corrected chi connectivity index (χ0v) is 17.9. The summed E-state index contributed by atoms with van der Waals surface area (Å²) in [7, 11) is 0. The second-order valence-electron chi connectivity index (χ2n) is 7.43. The van der Waals surface area contributed by atoms with Gasteiger partial charge in [0, 0.05) is 50.8 Å². The molecule has 1 aliphatic rings. The molecule has 0 spiro atoms. The highest BCUT2D eigenvalue weighted by Gasteiger charge is 2.16. The summed E-state index contributed by atoms with van der Waals surface area (Å²) in [5.74, 6) is 0. The van der Waals surface area contributed by atoms with E-state index < -0.39 is 0 Å². The van der Waals surface area contributed by atoms with Crippen LogP contribution in [0.15, 0.2) is 36.7 Å². The van der Waals surface area contributed by atoms with Crippen molar-refractivity contribution in [2.24, 2.45) is 0 Å². The third kappa shape index (κ3) is 5.74. The van der Waals surface area contributed by atoms with Gasteiger partial charge in [0.1, 0.15) is 0 Å². The number of pyridine rings is 1. The Kier molecular flexibility index (Phi) is 7.36. The Bertz CT molecular complexity index is 767. The van der Waals surface area contributed by atoms with Crippen molar-refractivity contribution < 1.29 is 4.74 Å². The summed E-state index contributed by atoms with van der Waals surface area (Å²) in [6.07, 6.45) is 3.67. The normalized spacial score (nSPS) is 14.7. The molecule has 1 aromatic heterocycles. The van der Waals surface area contributed by atoms with Crippen molar-refractivity contribution in [3.05, 3.63) is 58.9 Å². The number of anilines is 1. The molecular formula is C22H30N4OS. The van der Waals surface area contributed by atoms with E-state index in [-0.39, 0.29) is 0 Å². The molecule has 0 radical (unpaired) electrons. The van der Waals surface area contributed by atoms with Crippen molar-refractivity contribution in [2.45, 2.75) is 27.3 Å². The number of hydrogen-bond donors (Lipinski definition) is 1. The molecule has 1 N–H and O–H groups in total. The van der Waals surface area contributed by atoms with Crippen LogP contribution in [0.2, 0.25) is 0 Å². The number of morpholine rings is 1. The van der Waals surface area contributed by atoms with E-state index in [4.69, 9.17) is 17.0 Å². The van der Waals surface area contributed by atoms with E-state index in [2.05, 4.69) is 53.0 Å². The van der Waals surface area contributed by atoms with Gasteiger partial charge in [0.2, 0.25) is 0 Å². The van der Waals surface area contributed by atoms with Crippen LogP contribution < -0.4 is 5.32 Å². The molecule has 0 bridgehead atoms. The van der Waals surface area contributed by atoms with Gasteiger partial charge in [-0.05, 0) is 61.8 Å². The van der Waals surface area contributed by atoms with Gasteiger partial charge in [0.15, 0.2) is 5.11 Å². The van der Waals surface area contributed by atoms with Gasteiger partial charge in [-0.1, -0.05) is 17.7 Å². The predicted octanol–water partition coefficient (Wildman–Crippen LogP) is 3.54. The van der Waals surface area contributed by atoms with Crippen molar-refractivity contribution in [2.75, 3.05) is 44.7 Å². The largest absolute Gasteiger partial charge is 0.379 e. The molecule has 1 fully saturated rings. The molecular weight excluding hydrogens is 368 g/mol. The fourth-order valence-electron chi connectivity index (χ4n) is 3.61. The second kappa shape index (κ2) is 9.96. The van der Waals surface area contributed by atoms with Crippen LogP contribution in [0.25, 0.3) is 0 Å². The number of rotatable bonds is 6. The number of nitrogens with zero attached hydrogens (tertiary/aromatic N) is 3. The quantitative estimate of drug-likeness (QED) is 0.751. The van der Waals surface area contributed by atoms with Gasteiger partial charge in [-0.25, -0.2) is 0 Å². The van der Waals surface area contributed by atoms with E-state index in [1.807, 2.05) is 24.5 Å². The first-order chi connectivity index (χ1) is 13.5. The van der Waals surface area contributed by atoms with Crippen LogP contribution in [0.1, 0.15) is 22.3 Å². The molecule has 2 aromatic rings. The van der Waals surface area contributed by atoms with Gasteiger partial charge in [0.05, 0.1) is 13.2 Å². The smallest absolute Gasteiger partial charge is 0.173 e. The summed E-state index contributed by atoms with van der Waals surface area (Å²) in [5, 5.41) is 4.28. The fraction of sp³-hybridized carbons (Fsp3) is 0.455. The number of thiocarbonyl (C=S) groups is 1. The molecule has 150 valence electrons. The molecule has 1 aliphatic heterocycles. The van der Waals surface area contributed by atoms with Crippen LogP contribution in [-0.2, 0) is 11.3 Å². The van der Waals surface area contributed by atoms with E-state index >= 15 is 0 Å². The second-order valence-corrected chi connectivity index (χ2v) is 7.82. The Morgan fingerprint density at radius 1 is 1.14 bits per heavy atom. The lowest BCUT2D eigenvalue weighted by atomic mass is 10.1. The van der Waals surface area contributed by atoms with E-state index in [0.29, 0.717) is 0 Å².